The molecule has 0 aliphatic heterocycles. The first-order valence-corrected chi connectivity index (χ1v) is 13.5. The molecule has 0 bridgehead atoms. The predicted molar refractivity (Wildman–Crippen MR) is 170 cm³/mol. The smallest absolute Gasteiger partial charge is 0.335 e. The van der Waals surface area contributed by atoms with Crippen molar-refractivity contribution in [2.75, 3.05) is 0 Å². The molecule has 44 heavy (non-hydrogen) atoms. The second kappa shape index (κ2) is 13.8. The van der Waals surface area contributed by atoms with Crippen molar-refractivity contribution in [2.45, 2.75) is 0 Å². The van der Waals surface area contributed by atoms with Crippen LogP contribution in [0.25, 0.3) is 0 Å². The first-order valence-electron chi connectivity index (χ1n) is 13.5. The fourth-order valence-corrected chi connectivity index (χ4v) is 4.01. The Balaban J connectivity index is 1.65. The molecule has 5 rings (SSSR count). The van der Waals surface area contributed by atoms with Crippen molar-refractivity contribution in [1.82, 2.24) is 0 Å². The van der Waals surface area contributed by atoms with E-state index in [1.807, 2.05) is 72.8 Å². The van der Waals surface area contributed by atoms with Crippen molar-refractivity contribution in [1.29, 1.82) is 0 Å². The summed E-state index contributed by atoms with van der Waals surface area (Å²) in [6.07, 6.45) is 0. The normalized spacial score (nSPS) is 9.45. The second-order valence-corrected chi connectivity index (χ2v) is 9.44. The van der Waals surface area contributed by atoms with Crippen molar-refractivity contribution in [3.63, 3.8) is 0 Å². The highest BCUT2D eigenvalue weighted by Crippen LogP contribution is 2.17. The van der Waals surface area contributed by atoms with E-state index in [1.165, 1.54) is 24.3 Å². The molecule has 0 atom stereocenters. The third-order valence-corrected chi connectivity index (χ3v) is 6.33. The maximum absolute atomic E-state index is 11.3. The molecular formula is C40H22O4. The summed E-state index contributed by atoms with van der Waals surface area (Å²) in [5.74, 6) is 23.5. The van der Waals surface area contributed by atoms with Crippen LogP contribution in [0.15, 0.2) is 121 Å². The standard InChI is InChI=1S/C40H22O4/c41-39(42)33-19-11-31(12-20-33)17-25-37-27-35(23-15-29-7-3-1-4-8-29)36(24-16-30-9-5-2-6-10-30)28-38(37)26-18-32-13-21-34(22-14-32)40(43)44/h1-14,19-22,27-28H,(H,41,42)(H,43,44). The minimum Gasteiger partial charge on any atom is -0.478 e. The first-order chi connectivity index (χ1) is 21.4. The van der Waals surface area contributed by atoms with Gasteiger partial charge in [-0.2, -0.15) is 0 Å². The highest BCUT2D eigenvalue weighted by molar-refractivity contribution is 5.88. The summed E-state index contributed by atoms with van der Waals surface area (Å²) >= 11 is 0. The number of aromatic carboxylic acids is 2. The molecule has 0 fully saturated rings. The number of benzene rings is 5. The van der Waals surface area contributed by atoms with Gasteiger partial charge in [-0.25, -0.2) is 9.59 Å². The topological polar surface area (TPSA) is 74.6 Å². The molecule has 0 saturated heterocycles. The minimum absolute atomic E-state index is 0.177. The van der Waals surface area contributed by atoms with E-state index < -0.39 is 11.9 Å². The Bertz CT molecular complexity index is 1940. The van der Waals surface area contributed by atoms with Gasteiger partial charge in [0.1, 0.15) is 0 Å². The minimum atomic E-state index is -1.01. The lowest BCUT2D eigenvalue weighted by Gasteiger charge is -2.04. The Kier molecular flexibility index (Phi) is 9.01. The van der Waals surface area contributed by atoms with Crippen molar-refractivity contribution in [3.8, 4) is 47.4 Å². The molecule has 206 valence electrons. The largest absolute Gasteiger partial charge is 0.478 e. The molecule has 0 radical (unpaired) electrons. The Morgan fingerprint density at radius 1 is 0.364 bits per heavy atom. The number of rotatable bonds is 2. The van der Waals surface area contributed by atoms with E-state index in [0.717, 1.165) is 11.1 Å². The summed E-state index contributed by atoms with van der Waals surface area (Å²) in [6.45, 7) is 0. The van der Waals surface area contributed by atoms with Crippen molar-refractivity contribution in [3.05, 3.63) is 177 Å². The SMILES string of the molecule is O=C(O)c1ccc(C#Cc2cc(C#Cc3ccccc3)c(C#Cc3ccccc3)cc2C#Cc2ccc(C(=O)O)cc2)cc1. The number of carboxylic acids is 2. The van der Waals surface area contributed by atoms with Crippen LogP contribution in [0.3, 0.4) is 0 Å². The zero-order valence-electron chi connectivity index (χ0n) is 23.3. The zero-order chi connectivity index (χ0) is 30.7. The van der Waals surface area contributed by atoms with E-state index in [1.54, 1.807) is 24.3 Å². The van der Waals surface area contributed by atoms with Gasteiger partial charge < -0.3 is 10.2 Å². The lowest BCUT2D eigenvalue weighted by Crippen LogP contribution is -1.95. The summed E-state index contributed by atoms with van der Waals surface area (Å²) in [5.41, 5.74) is 5.94. The maximum Gasteiger partial charge on any atom is 0.335 e. The van der Waals surface area contributed by atoms with E-state index in [2.05, 4.69) is 47.4 Å². The molecule has 0 spiro atoms. The van der Waals surface area contributed by atoms with Crippen molar-refractivity contribution in [2.24, 2.45) is 0 Å². The summed E-state index contributed by atoms with van der Waals surface area (Å²) < 4.78 is 0. The molecule has 4 heteroatoms. The second-order valence-electron chi connectivity index (χ2n) is 9.44. The summed E-state index contributed by atoms with van der Waals surface area (Å²) in [6, 6.07) is 35.7. The highest BCUT2D eigenvalue weighted by atomic mass is 16.4. The van der Waals surface area contributed by atoms with Gasteiger partial charge in [0.25, 0.3) is 0 Å². The lowest BCUT2D eigenvalue weighted by atomic mass is 9.97. The molecule has 2 N–H and O–H groups in total. The summed E-state index contributed by atoms with van der Waals surface area (Å²) in [4.78, 5) is 22.5. The van der Waals surface area contributed by atoms with Crippen molar-refractivity contribution >= 4 is 11.9 Å². The van der Waals surface area contributed by atoms with Crippen LogP contribution < -0.4 is 0 Å². The molecule has 5 aromatic rings. The zero-order valence-corrected chi connectivity index (χ0v) is 23.3. The molecule has 4 nitrogen and oxygen atoms in total. The number of carboxylic acid groups (broad SMARTS) is 2. The van der Waals surface area contributed by atoms with Gasteiger partial charge in [-0.1, -0.05) is 83.8 Å². The van der Waals surface area contributed by atoms with Crippen LogP contribution in [0.2, 0.25) is 0 Å². The fraction of sp³-hybridized carbons (Fsp3) is 0. The third-order valence-electron chi connectivity index (χ3n) is 6.33. The van der Waals surface area contributed by atoms with Crippen LogP contribution in [0, 0.1) is 47.4 Å². The number of carbonyl (C=O) groups is 2. The third kappa shape index (κ3) is 7.72. The van der Waals surface area contributed by atoms with Crippen LogP contribution in [-0.4, -0.2) is 22.2 Å². The van der Waals surface area contributed by atoms with Crippen LogP contribution in [-0.2, 0) is 0 Å². The molecule has 0 saturated carbocycles. The molecule has 0 heterocycles. The van der Waals surface area contributed by atoms with Gasteiger partial charge in [-0.3, -0.25) is 0 Å². The summed E-state index contributed by atoms with van der Waals surface area (Å²) in [5, 5.41) is 18.4. The van der Waals surface area contributed by atoms with Crippen LogP contribution in [0.4, 0.5) is 0 Å². The van der Waals surface area contributed by atoms with Crippen LogP contribution in [0.1, 0.15) is 65.2 Å². The van der Waals surface area contributed by atoms with Gasteiger partial charge >= 0.3 is 11.9 Å². The quantitative estimate of drug-likeness (QED) is 0.234. The average Bonchev–Trinajstić information content (AvgIpc) is 3.06. The van der Waals surface area contributed by atoms with E-state index in [-0.39, 0.29) is 11.1 Å². The van der Waals surface area contributed by atoms with Gasteiger partial charge in [0.2, 0.25) is 0 Å². The molecule has 0 amide bonds. The Morgan fingerprint density at radius 2 is 0.636 bits per heavy atom. The Labute approximate surface area is 255 Å². The van der Waals surface area contributed by atoms with Gasteiger partial charge in [-0.05, 0) is 84.9 Å². The predicted octanol–water partition coefficient (Wildman–Crippen LogP) is 6.68. The van der Waals surface area contributed by atoms with Gasteiger partial charge in [-0.15, -0.1) is 0 Å². The molecule has 0 aromatic heterocycles. The van der Waals surface area contributed by atoms with E-state index >= 15 is 0 Å². The molecule has 5 aromatic carbocycles. The lowest BCUT2D eigenvalue weighted by molar-refractivity contribution is 0.0686. The Hall–Kier alpha value is -6.72. The molecular weight excluding hydrogens is 544 g/mol. The van der Waals surface area contributed by atoms with Crippen LogP contribution >= 0.6 is 0 Å². The van der Waals surface area contributed by atoms with E-state index in [4.69, 9.17) is 0 Å². The Morgan fingerprint density at radius 3 is 0.909 bits per heavy atom. The average molecular weight is 567 g/mol. The summed E-state index contributed by atoms with van der Waals surface area (Å²) in [7, 11) is 0. The maximum atomic E-state index is 11.3. The van der Waals surface area contributed by atoms with Crippen molar-refractivity contribution < 1.29 is 19.8 Å². The van der Waals surface area contributed by atoms with Crippen LogP contribution in [0.5, 0.6) is 0 Å². The van der Waals surface area contributed by atoms with E-state index in [9.17, 15) is 19.8 Å². The van der Waals surface area contributed by atoms with E-state index in [0.29, 0.717) is 33.4 Å². The monoisotopic (exact) mass is 566 g/mol. The number of hydrogen-bond donors (Lipinski definition) is 2. The molecule has 0 unspecified atom stereocenters. The molecule has 0 aliphatic rings. The van der Waals surface area contributed by atoms with Gasteiger partial charge in [0, 0.05) is 44.5 Å². The van der Waals surface area contributed by atoms with Gasteiger partial charge in [0.05, 0.1) is 11.1 Å². The fourth-order valence-electron chi connectivity index (χ4n) is 4.01. The first kappa shape index (κ1) is 28.8. The molecule has 0 aliphatic carbocycles. The highest BCUT2D eigenvalue weighted by Gasteiger charge is 2.07. The van der Waals surface area contributed by atoms with Gasteiger partial charge in [0.15, 0.2) is 0 Å². The number of hydrogen-bond acceptors (Lipinski definition) is 2.